The first-order valence-corrected chi connectivity index (χ1v) is 6.85. The van der Waals surface area contributed by atoms with Crippen molar-refractivity contribution in [3.8, 4) is 0 Å². The van der Waals surface area contributed by atoms with Crippen LogP contribution >= 0.6 is 0 Å². The van der Waals surface area contributed by atoms with Gasteiger partial charge >= 0.3 is 11.9 Å². The molecule has 2 heterocycles. The van der Waals surface area contributed by atoms with Gasteiger partial charge in [0.25, 0.3) is 0 Å². The second kappa shape index (κ2) is 4.89. The van der Waals surface area contributed by atoms with Crippen molar-refractivity contribution in [3.63, 3.8) is 0 Å². The van der Waals surface area contributed by atoms with Crippen LogP contribution in [0.4, 0.5) is 0 Å². The first-order chi connectivity index (χ1) is 10.0. The molecule has 0 saturated heterocycles. The van der Waals surface area contributed by atoms with Crippen LogP contribution in [0.2, 0.25) is 0 Å². The van der Waals surface area contributed by atoms with Gasteiger partial charge in [-0.15, -0.1) is 0 Å². The lowest BCUT2D eigenvalue weighted by Gasteiger charge is -2.34. The van der Waals surface area contributed by atoms with E-state index in [1.54, 1.807) is 0 Å². The number of hydrogen-bond donors (Lipinski definition) is 4. The fourth-order valence-corrected chi connectivity index (χ4v) is 3.11. The number of para-hydroxylation sites is 1. The number of H-pyrrole nitrogens is 1. The Hall–Kier alpha value is -2.34. The van der Waals surface area contributed by atoms with Gasteiger partial charge in [0.1, 0.15) is 0 Å². The summed E-state index contributed by atoms with van der Waals surface area (Å²) in [6.45, 7) is 0.515. The number of benzene rings is 1. The number of aliphatic carboxylic acids is 2. The van der Waals surface area contributed by atoms with Gasteiger partial charge in [-0.25, -0.2) is 4.79 Å². The quantitative estimate of drug-likeness (QED) is 0.682. The fourth-order valence-electron chi connectivity index (χ4n) is 3.11. The number of carbonyl (C=O) groups is 2. The molecule has 3 rings (SSSR count). The molecule has 6 heteroatoms. The molecule has 1 aromatic heterocycles. The Morgan fingerprint density at radius 3 is 2.71 bits per heavy atom. The first kappa shape index (κ1) is 13.6. The largest absolute Gasteiger partial charge is 0.481 e. The van der Waals surface area contributed by atoms with Gasteiger partial charge in [0.15, 0.2) is 5.54 Å². The Bertz CT molecular complexity index is 722. The van der Waals surface area contributed by atoms with E-state index in [0.29, 0.717) is 12.2 Å². The summed E-state index contributed by atoms with van der Waals surface area (Å²) in [5.41, 5.74) is 1.08. The van der Waals surface area contributed by atoms with Gasteiger partial charge < -0.3 is 15.2 Å². The highest BCUT2D eigenvalue weighted by Crippen LogP contribution is 2.36. The Labute approximate surface area is 120 Å². The van der Waals surface area contributed by atoms with Gasteiger partial charge in [-0.05, 0) is 24.5 Å². The van der Waals surface area contributed by atoms with Crippen LogP contribution in [0.5, 0.6) is 0 Å². The minimum absolute atomic E-state index is 0.0114. The standard InChI is InChI=1S/C15H16N2O4/c18-12(19)5-7-15(14(20)21)13-10(6-8-16-15)9-3-1-2-4-11(9)17-13/h1-4,16-17H,5-8H2,(H,18,19)(H,20,21)/t15-/m0/s1. The summed E-state index contributed by atoms with van der Waals surface area (Å²) in [4.78, 5) is 25.9. The van der Waals surface area contributed by atoms with Gasteiger partial charge in [-0.2, -0.15) is 0 Å². The van der Waals surface area contributed by atoms with Crippen LogP contribution in [0.3, 0.4) is 0 Å². The maximum absolute atomic E-state index is 11.9. The Morgan fingerprint density at radius 1 is 1.24 bits per heavy atom. The van der Waals surface area contributed by atoms with E-state index in [0.717, 1.165) is 22.9 Å². The number of carboxylic acids is 2. The molecule has 21 heavy (non-hydrogen) atoms. The Kier molecular flexibility index (Phi) is 3.17. The molecule has 0 unspecified atom stereocenters. The summed E-state index contributed by atoms with van der Waals surface area (Å²) < 4.78 is 0. The molecule has 110 valence electrons. The highest BCUT2D eigenvalue weighted by atomic mass is 16.4. The third kappa shape index (κ3) is 2.08. The molecule has 0 aliphatic carbocycles. The highest BCUT2D eigenvalue weighted by Gasteiger charge is 2.45. The molecule has 6 nitrogen and oxygen atoms in total. The van der Waals surface area contributed by atoms with Crippen LogP contribution in [0.15, 0.2) is 24.3 Å². The van der Waals surface area contributed by atoms with Crippen LogP contribution in [0.25, 0.3) is 10.9 Å². The maximum Gasteiger partial charge on any atom is 0.330 e. The zero-order valence-corrected chi connectivity index (χ0v) is 11.3. The number of aromatic nitrogens is 1. The normalized spacial score (nSPS) is 21.1. The van der Waals surface area contributed by atoms with Gasteiger partial charge in [-0.3, -0.25) is 10.1 Å². The van der Waals surface area contributed by atoms with Crippen LogP contribution in [0, 0.1) is 0 Å². The molecule has 0 fully saturated rings. The molecule has 0 amide bonds. The predicted molar refractivity (Wildman–Crippen MR) is 76.2 cm³/mol. The summed E-state index contributed by atoms with van der Waals surface area (Å²) in [6.07, 6.45) is 0.535. The lowest BCUT2D eigenvalue weighted by Crippen LogP contribution is -2.53. The molecule has 0 spiro atoms. The van der Waals surface area contributed by atoms with Gasteiger partial charge in [-0.1, -0.05) is 18.2 Å². The molecule has 1 aliphatic rings. The maximum atomic E-state index is 11.9. The zero-order chi connectivity index (χ0) is 15.0. The zero-order valence-electron chi connectivity index (χ0n) is 11.3. The molecule has 1 atom stereocenters. The number of aromatic amines is 1. The lowest BCUT2D eigenvalue weighted by atomic mass is 9.83. The Balaban J connectivity index is 2.16. The third-order valence-electron chi connectivity index (χ3n) is 4.12. The van der Waals surface area contributed by atoms with Gasteiger partial charge in [0.05, 0.1) is 5.69 Å². The summed E-state index contributed by atoms with van der Waals surface area (Å²) >= 11 is 0. The molecule has 0 radical (unpaired) electrons. The number of fused-ring (bicyclic) bond motifs is 3. The monoisotopic (exact) mass is 288 g/mol. The van der Waals surface area contributed by atoms with E-state index in [4.69, 9.17) is 5.11 Å². The molecule has 2 aromatic rings. The minimum atomic E-state index is -1.36. The van der Waals surface area contributed by atoms with Gasteiger partial charge in [0.2, 0.25) is 0 Å². The van der Waals surface area contributed by atoms with Crippen molar-refractivity contribution in [1.82, 2.24) is 10.3 Å². The van der Waals surface area contributed by atoms with Crippen molar-refractivity contribution in [3.05, 3.63) is 35.5 Å². The van der Waals surface area contributed by atoms with E-state index in [1.165, 1.54) is 0 Å². The fraction of sp³-hybridized carbons (Fsp3) is 0.333. The predicted octanol–water partition coefficient (Wildman–Crippen LogP) is 1.46. The topological polar surface area (TPSA) is 102 Å². The molecular weight excluding hydrogens is 272 g/mol. The van der Waals surface area contributed by atoms with E-state index in [-0.39, 0.29) is 12.8 Å². The number of rotatable bonds is 4. The smallest absolute Gasteiger partial charge is 0.330 e. The van der Waals surface area contributed by atoms with Gasteiger partial charge in [0, 0.05) is 23.9 Å². The molecular formula is C15H16N2O4. The number of carboxylic acid groups (broad SMARTS) is 2. The van der Waals surface area contributed by atoms with Crippen LogP contribution in [-0.4, -0.2) is 33.7 Å². The number of hydrogen-bond acceptors (Lipinski definition) is 3. The molecule has 0 saturated carbocycles. The van der Waals surface area contributed by atoms with Crippen molar-refractivity contribution in [2.24, 2.45) is 0 Å². The summed E-state index contributed by atoms with van der Waals surface area (Å²) in [6, 6.07) is 7.66. The second-order valence-electron chi connectivity index (χ2n) is 5.31. The molecule has 4 N–H and O–H groups in total. The van der Waals surface area contributed by atoms with Crippen LogP contribution in [0.1, 0.15) is 24.1 Å². The van der Waals surface area contributed by atoms with E-state index in [1.807, 2.05) is 24.3 Å². The highest BCUT2D eigenvalue weighted by molar-refractivity contribution is 5.90. The first-order valence-electron chi connectivity index (χ1n) is 6.85. The third-order valence-corrected chi connectivity index (χ3v) is 4.12. The molecule has 1 aromatic carbocycles. The van der Waals surface area contributed by atoms with E-state index in [2.05, 4.69) is 10.3 Å². The number of nitrogens with one attached hydrogen (secondary N) is 2. The lowest BCUT2D eigenvalue weighted by molar-refractivity contribution is -0.147. The summed E-state index contributed by atoms with van der Waals surface area (Å²) in [5.74, 6) is -2.04. The minimum Gasteiger partial charge on any atom is -0.481 e. The molecule has 0 bridgehead atoms. The second-order valence-corrected chi connectivity index (χ2v) is 5.31. The average Bonchev–Trinajstić information content (AvgIpc) is 2.84. The van der Waals surface area contributed by atoms with Crippen molar-refractivity contribution < 1.29 is 19.8 Å². The van der Waals surface area contributed by atoms with E-state index in [9.17, 15) is 14.7 Å². The van der Waals surface area contributed by atoms with Crippen molar-refractivity contribution >= 4 is 22.8 Å². The molecule has 1 aliphatic heterocycles. The Morgan fingerprint density at radius 2 is 2.00 bits per heavy atom. The average molecular weight is 288 g/mol. The SMILES string of the molecule is O=C(O)CC[C@]1(C(=O)O)NCCc2c1[nH]c1ccccc21. The summed E-state index contributed by atoms with van der Waals surface area (Å²) in [5, 5.41) is 22.6. The van der Waals surface area contributed by atoms with Crippen LogP contribution < -0.4 is 5.32 Å². The van der Waals surface area contributed by atoms with E-state index >= 15 is 0 Å². The van der Waals surface area contributed by atoms with E-state index < -0.39 is 17.5 Å². The van der Waals surface area contributed by atoms with Crippen molar-refractivity contribution in [2.75, 3.05) is 6.54 Å². The van der Waals surface area contributed by atoms with Crippen molar-refractivity contribution in [1.29, 1.82) is 0 Å². The summed E-state index contributed by atoms with van der Waals surface area (Å²) in [7, 11) is 0. The van der Waals surface area contributed by atoms with Crippen LogP contribution in [-0.2, 0) is 21.5 Å². The van der Waals surface area contributed by atoms with Crippen molar-refractivity contribution in [2.45, 2.75) is 24.8 Å².